The van der Waals surface area contributed by atoms with Gasteiger partial charge in [0.25, 0.3) is 0 Å². The summed E-state index contributed by atoms with van der Waals surface area (Å²) in [5.41, 5.74) is 0. The van der Waals surface area contributed by atoms with E-state index in [9.17, 15) is 13.2 Å². The second-order valence-corrected chi connectivity index (χ2v) is 7.19. The van der Waals surface area contributed by atoms with Crippen LogP contribution in [0.3, 0.4) is 0 Å². The predicted octanol–water partition coefficient (Wildman–Crippen LogP) is 0.747. The molecule has 0 amide bonds. The average Bonchev–Trinajstić information content (AvgIpc) is 2.82. The first-order valence-corrected chi connectivity index (χ1v) is 7.97. The molecule has 2 heterocycles. The largest absolute Gasteiger partial charge is 0.338 e. The highest BCUT2D eigenvalue weighted by Crippen LogP contribution is 2.22. The Balaban J connectivity index is 1.78. The average molecular weight is 270 g/mol. The van der Waals surface area contributed by atoms with E-state index in [1.54, 1.807) is 6.20 Å². The summed E-state index contributed by atoms with van der Waals surface area (Å²) in [5.74, 6) is 1.48. The van der Waals surface area contributed by atoms with E-state index in [1.807, 2.05) is 17.8 Å². The number of aromatic nitrogens is 2. The lowest BCUT2D eigenvalue weighted by molar-refractivity contribution is -0.119. The lowest BCUT2D eigenvalue weighted by Crippen LogP contribution is -2.12. The summed E-state index contributed by atoms with van der Waals surface area (Å²) >= 11 is 0. The first-order chi connectivity index (χ1) is 8.46. The molecule has 0 bridgehead atoms. The molecule has 100 valence electrons. The Morgan fingerprint density at radius 1 is 1.56 bits per heavy atom. The fourth-order valence-electron chi connectivity index (χ4n) is 2.35. The van der Waals surface area contributed by atoms with E-state index in [2.05, 4.69) is 4.98 Å². The number of imidazole rings is 1. The number of hydrogen-bond donors (Lipinski definition) is 0. The predicted molar refractivity (Wildman–Crippen MR) is 67.9 cm³/mol. The minimum Gasteiger partial charge on any atom is -0.338 e. The number of ketones is 1. The third-order valence-electron chi connectivity index (χ3n) is 3.39. The van der Waals surface area contributed by atoms with Crippen LogP contribution in [-0.4, -0.2) is 35.3 Å². The highest BCUT2D eigenvalue weighted by Gasteiger charge is 2.29. The topological polar surface area (TPSA) is 69.0 Å². The number of carbonyl (C=O) groups is 1. The van der Waals surface area contributed by atoms with Crippen LogP contribution < -0.4 is 0 Å². The Morgan fingerprint density at radius 2 is 2.33 bits per heavy atom. The van der Waals surface area contributed by atoms with Gasteiger partial charge in [-0.15, -0.1) is 0 Å². The minimum absolute atomic E-state index is 0.0314. The second-order valence-electron chi connectivity index (χ2n) is 4.97. The van der Waals surface area contributed by atoms with Crippen LogP contribution in [0, 0.1) is 5.92 Å². The highest BCUT2D eigenvalue weighted by molar-refractivity contribution is 7.91. The molecule has 0 N–H and O–H groups in total. The molecule has 1 atom stereocenters. The quantitative estimate of drug-likeness (QED) is 0.791. The van der Waals surface area contributed by atoms with Gasteiger partial charge in [0.1, 0.15) is 11.6 Å². The first kappa shape index (κ1) is 13.3. The Labute approximate surface area is 107 Å². The molecule has 0 aromatic carbocycles. The van der Waals surface area contributed by atoms with Gasteiger partial charge in [0.15, 0.2) is 9.84 Å². The molecule has 5 nitrogen and oxygen atoms in total. The molecule has 1 aromatic rings. The van der Waals surface area contributed by atoms with Crippen LogP contribution in [-0.2, 0) is 28.1 Å². The molecule has 1 aliphatic rings. The van der Waals surface area contributed by atoms with Crippen molar-refractivity contribution in [3.63, 3.8) is 0 Å². The maximum Gasteiger partial charge on any atom is 0.150 e. The SMILES string of the molecule is Cn1ccnc1CCC(=O)CC1CCS(=O)(=O)C1. The van der Waals surface area contributed by atoms with Crippen molar-refractivity contribution in [3.8, 4) is 0 Å². The number of nitrogens with zero attached hydrogens (tertiary/aromatic N) is 2. The van der Waals surface area contributed by atoms with Gasteiger partial charge in [-0.1, -0.05) is 0 Å². The van der Waals surface area contributed by atoms with Gasteiger partial charge >= 0.3 is 0 Å². The van der Waals surface area contributed by atoms with Gasteiger partial charge in [-0.25, -0.2) is 13.4 Å². The zero-order chi connectivity index (χ0) is 13.2. The standard InChI is InChI=1S/C12H18N2O3S/c1-14-6-5-13-12(14)3-2-11(15)8-10-4-7-18(16,17)9-10/h5-6,10H,2-4,7-9H2,1H3. The van der Waals surface area contributed by atoms with Crippen LogP contribution in [0.4, 0.5) is 0 Å². The van der Waals surface area contributed by atoms with Crippen molar-refractivity contribution in [2.24, 2.45) is 13.0 Å². The second kappa shape index (κ2) is 5.22. The monoisotopic (exact) mass is 270 g/mol. The summed E-state index contributed by atoms with van der Waals surface area (Å²) in [4.78, 5) is 15.9. The van der Waals surface area contributed by atoms with Crippen LogP contribution in [0.15, 0.2) is 12.4 Å². The molecule has 0 saturated carbocycles. The Bertz CT molecular complexity index is 533. The summed E-state index contributed by atoms with van der Waals surface area (Å²) in [5, 5.41) is 0. The minimum atomic E-state index is -2.87. The normalized spacial score (nSPS) is 22.2. The third-order valence-corrected chi connectivity index (χ3v) is 5.23. The molecular weight excluding hydrogens is 252 g/mol. The van der Waals surface area contributed by atoms with Crippen LogP contribution in [0.2, 0.25) is 0 Å². The van der Waals surface area contributed by atoms with Crippen molar-refractivity contribution in [2.45, 2.75) is 25.7 Å². The third kappa shape index (κ3) is 3.41. The smallest absolute Gasteiger partial charge is 0.150 e. The van der Waals surface area contributed by atoms with E-state index in [-0.39, 0.29) is 23.2 Å². The molecule has 6 heteroatoms. The molecule has 1 aliphatic heterocycles. The summed E-state index contributed by atoms with van der Waals surface area (Å²) in [6.45, 7) is 0. The van der Waals surface area contributed by atoms with Gasteiger partial charge in [-0.3, -0.25) is 4.79 Å². The molecule has 2 rings (SSSR count). The molecule has 0 spiro atoms. The van der Waals surface area contributed by atoms with Crippen LogP contribution in [0.25, 0.3) is 0 Å². The molecule has 1 saturated heterocycles. The lowest BCUT2D eigenvalue weighted by Gasteiger charge is -2.06. The van der Waals surface area contributed by atoms with E-state index < -0.39 is 9.84 Å². The maximum atomic E-state index is 11.8. The highest BCUT2D eigenvalue weighted by atomic mass is 32.2. The molecule has 1 unspecified atom stereocenters. The number of sulfone groups is 1. The fourth-order valence-corrected chi connectivity index (χ4v) is 4.21. The number of rotatable bonds is 5. The van der Waals surface area contributed by atoms with Crippen LogP contribution >= 0.6 is 0 Å². The number of hydrogen-bond acceptors (Lipinski definition) is 4. The number of Topliss-reactive ketones (excluding diaryl/α,β-unsaturated/α-hetero) is 1. The zero-order valence-electron chi connectivity index (χ0n) is 10.5. The van der Waals surface area contributed by atoms with Crippen LogP contribution in [0.1, 0.15) is 25.1 Å². The summed E-state index contributed by atoms with van der Waals surface area (Å²) in [6.07, 6.45) is 5.66. The molecular formula is C12H18N2O3S. The van der Waals surface area contributed by atoms with Gasteiger partial charge in [-0.05, 0) is 12.3 Å². The summed E-state index contributed by atoms with van der Waals surface area (Å²) in [6, 6.07) is 0. The van der Waals surface area contributed by atoms with E-state index >= 15 is 0 Å². The van der Waals surface area contributed by atoms with E-state index in [0.717, 1.165) is 5.82 Å². The van der Waals surface area contributed by atoms with Gasteiger partial charge < -0.3 is 4.57 Å². The zero-order valence-corrected chi connectivity index (χ0v) is 11.3. The fraction of sp³-hybridized carbons (Fsp3) is 0.667. The van der Waals surface area contributed by atoms with Gasteiger partial charge in [0, 0.05) is 38.7 Å². The maximum absolute atomic E-state index is 11.8. The molecule has 0 aliphatic carbocycles. The first-order valence-electron chi connectivity index (χ1n) is 6.14. The number of carbonyl (C=O) groups excluding carboxylic acids is 1. The van der Waals surface area contributed by atoms with Crippen molar-refractivity contribution >= 4 is 15.6 Å². The van der Waals surface area contributed by atoms with E-state index in [4.69, 9.17) is 0 Å². The molecule has 18 heavy (non-hydrogen) atoms. The molecule has 0 radical (unpaired) electrons. The Kier molecular flexibility index (Phi) is 3.85. The number of aryl methyl sites for hydroxylation is 2. The summed E-state index contributed by atoms with van der Waals surface area (Å²) < 4.78 is 24.5. The van der Waals surface area contributed by atoms with Crippen molar-refractivity contribution in [1.82, 2.24) is 9.55 Å². The van der Waals surface area contributed by atoms with Gasteiger partial charge in [0.05, 0.1) is 11.5 Å². The van der Waals surface area contributed by atoms with Gasteiger partial charge in [-0.2, -0.15) is 0 Å². The lowest BCUT2D eigenvalue weighted by atomic mass is 10.00. The summed E-state index contributed by atoms with van der Waals surface area (Å²) in [7, 11) is -0.975. The van der Waals surface area contributed by atoms with Gasteiger partial charge in [0.2, 0.25) is 0 Å². The molecule has 1 aromatic heterocycles. The Hall–Kier alpha value is -1.17. The van der Waals surface area contributed by atoms with Crippen molar-refractivity contribution in [2.75, 3.05) is 11.5 Å². The Morgan fingerprint density at radius 3 is 2.89 bits per heavy atom. The van der Waals surface area contributed by atoms with Crippen molar-refractivity contribution in [3.05, 3.63) is 18.2 Å². The van der Waals surface area contributed by atoms with Crippen molar-refractivity contribution < 1.29 is 13.2 Å². The van der Waals surface area contributed by atoms with E-state index in [0.29, 0.717) is 25.7 Å². The van der Waals surface area contributed by atoms with Crippen molar-refractivity contribution in [1.29, 1.82) is 0 Å². The van der Waals surface area contributed by atoms with E-state index in [1.165, 1.54) is 0 Å². The molecule has 1 fully saturated rings. The van der Waals surface area contributed by atoms with Crippen LogP contribution in [0.5, 0.6) is 0 Å².